The van der Waals surface area contributed by atoms with Gasteiger partial charge in [0.25, 0.3) is 5.91 Å². The van der Waals surface area contributed by atoms with E-state index in [-0.39, 0.29) is 17.5 Å². The van der Waals surface area contributed by atoms with E-state index < -0.39 is 0 Å². The molecule has 0 aromatic heterocycles. The number of nitriles is 1. The first-order valence-electron chi connectivity index (χ1n) is 8.14. The number of benzene rings is 1. The zero-order chi connectivity index (χ0) is 16.9. The minimum atomic E-state index is -0.304. The molecule has 2 aliphatic rings. The molecule has 1 heterocycles. The summed E-state index contributed by atoms with van der Waals surface area (Å²) in [6.45, 7) is 0.301. The van der Waals surface area contributed by atoms with Crippen LogP contribution in [0.5, 0.6) is 11.5 Å². The Morgan fingerprint density at radius 3 is 2.92 bits per heavy atom. The molecule has 0 spiro atoms. The van der Waals surface area contributed by atoms with E-state index in [0.717, 1.165) is 36.8 Å². The standard InChI is InChI=1S/C19H20N2O3/c1-23-17-8-4-5-14-9-13(12-24-18(14)17)10-15(11-20)19(22)21-16-6-2-3-7-16/h4-5,8-10,16H,2-3,6-7,12H2,1H3,(H,21,22). The van der Waals surface area contributed by atoms with Gasteiger partial charge in [-0.05, 0) is 36.6 Å². The van der Waals surface area contributed by atoms with Crippen LogP contribution in [0.3, 0.4) is 0 Å². The first-order chi connectivity index (χ1) is 11.7. The molecule has 5 nitrogen and oxygen atoms in total. The summed E-state index contributed by atoms with van der Waals surface area (Å²) < 4.78 is 11.0. The second-order valence-corrected chi connectivity index (χ2v) is 6.01. The molecule has 1 amide bonds. The Hall–Kier alpha value is -2.74. The van der Waals surface area contributed by atoms with Crippen molar-refractivity contribution >= 4 is 12.0 Å². The Kier molecular flexibility index (Phi) is 4.85. The molecular formula is C19H20N2O3. The van der Waals surface area contributed by atoms with Crippen molar-refractivity contribution in [3.63, 3.8) is 0 Å². The predicted octanol–water partition coefficient (Wildman–Crippen LogP) is 2.98. The Balaban J connectivity index is 1.79. The van der Waals surface area contributed by atoms with Crippen LogP contribution in [0.25, 0.3) is 6.08 Å². The van der Waals surface area contributed by atoms with E-state index in [9.17, 15) is 10.1 Å². The van der Waals surface area contributed by atoms with E-state index >= 15 is 0 Å². The number of methoxy groups -OCH3 is 1. The maximum atomic E-state index is 12.3. The normalized spacial score (nSPS) is 17.3. The molecule has 0 unspecified atom stereocenters. The highest BCUT2D eigenvalue weighted by Gasteiger charge is 2.20. The molecule has 1 fully saturated rings. The van der Waals surface area contributed by atoms with Gasteiger partial charge in [0.15, 0.2) is 11.5 Å². The second-order valence-electron chi connectivity index (χ2n) is 6.01. The molecule has 124 valence electrons. The number of carbonyl (C=O) groups excluding carboxylic acids is 1. The van der Waals surface area contributed by atoms with Crippen LogP contribution in [0.15, 0.2) is 35.4 Å². The lowest BCUT2D eigenvalue weighted by molar-refractivity contribution is -0.117. The highest BCUT2D eigenvalue weighted by molar-refractivity contribution is 5.98. The van der Waals surface area contributed by atoms with Gasteiger partial charge in [-0.2, -0.15) is 5.26 Å². The van der Waals surface area contributed by atoms with Gasteiger partial charge in [0.1, 0.15) is 18.2 Å². The third-order valence-corrected chi connectivity index (χ3v) is 4.34. The summed E-state index contributed by atoms with van der Waals surface area (Å²) >= 11 is 0. The van der Waals surface area contributed by atoms with E-state index in [1.165, 1.54) is 0 Å². The van der Waals surface area contributed by atoms with E-state index in [0.29, 0.717) is 18.1 Å². The van der Waals surface area contributed by atoms with Gasteiger partial charge >= 0.3 is 0 Å². The summed E-state index contributed by atoms with van der Waals surface area (Å²) in [6, 6.07) is 7.81. The lowest BCUT2D eigenvalue weighted by Gasteiger charge is -2.19. The molecule has 1 saturated carbocycles. The number of fused-ring (bicyclic) bond motifs is 1. The summed E-state index contributed by atoms with van der Waals surface area (Å²) in [4.78, 5) is 12.3. The van der Waals surface area contributed by atoms with Crippen LogP contribution in [0.2, 0.25) is 0 Å². The molecule has 1 aliphatic carbocycles. The van der Waals surface area contributed by atoms with Gasteiger partial charge in [-0.3, -0.25) is 4.79 Å². The predicted molar refractivity (Wildman–Crippen MR) is 90.6 cm³/mol. The molecule has 1 aliphatic heterocycles. The molecule has 0 saturated heterocycles. The van der Waals surface area contributed by atoms with Gasteiger partial charge in [-0.15, -0.1) is 0 Å². The highest BCUT2D eigenvalue weighted by atomic mass is 16.5. The topological polar surface area (TPSA) is 71.3 Å². The monoisotopic (exact) mass is 324 g/mol. The van der Waals surface area contributed by atoms with Crippen molar-refractivity contribution in [1.29, 1.82) is 5.26 Å². The zero-order valence-corrected chi connectivity index (χ0v) is 13.7. The van der Waals surface area contributed by atoms with E-state index in [1.807, 2.05) is 30.3 Å². The number of para-hydroxylation sites is 1. The van der Waals surface area contributed by atoms with Crippen molar-refractivity contribution in [3.05, 3.63) is 41.0 Å². The first kappa shape index (κ1) is 16.1. The average molecular weight is 324 g/mol. The van der Waals surface area contributed by atoms with E-state index in [4.69, 9.17) is 9.47 Å². The summed E-state index contributed by atoms with van der Waals surface area (Å²) in [5.74, 6) is 1.05. The van der Waals surface area contributed by atoms with Gasteiger partial charge in [0.05, 0.1) is 7.11 Å². The van der Waals surface area contributed by atoms with Crippen LogP contribution in [0, 0.1) is 11.3 Å². The minimum absolute atomic E-state index is 0.114. The third-order valence-electron chi connectivity index (χ3n) is 4.34. The van der Waals surface area contributed by atoms with Gasteiger partial charge in [0, 0.05) is 11.6 Å². The number of amides is 1. The van der Waals surface area contributed by atoms with Crippen molar-refractivity contribution in [3.8, 4) is 17.6 Å². The fourth-order valence-electron chi connectivity index (χ4n) is 3.11. The molecule has 0 bridgehead atoms. The summed E-state index contributed by atoms with van der Waals surface area (Å²) in [5.41, 5.74) is 1.78. The Morgan fingerprint density at radius 1 is 1.42 bits per heavy atom. The second kappa shape index (κ2) is 7.22. The van der Waals surface area contributed by atoms with Crippen LogP contribution in [0.4, 0.5) is 0 Å². The number of ether oxygens (including phenoxy) is 2. The Morgan fingerprint density at radius 2 is 2.21 bits per heavy atom. The lowest BCUT2D eigenvalue weighted by atomic mass is 10.0. The van der Waals surface area contributed by atoms with Gasteiger partial charge in [0.2, 0.25) is 0 Å². The van der Waals surface area contributed by atoms with Crippen molar-refractivity contribution in [2.45, 2.75) is 31.7 Å². The molecular weight excluding hydrogens is 304 g/mol. The number of nitrogens with one attached hydrogen (secondary N) is 1. The van der Waals surface area contributed by atoms with Gasteiger partial charge in [-0.1, -0.05) is 25.0 Å². The highest BCUT2D eigenvalue weighted by Crippen LogP contribution is 2.35. The van der Waals surface area contributed by atoms with Crippen molar-refractivity contribution in [1.82, 2.24) is 5.32 Å². The summed E-state index contributed by atoms with van der Waals surface area (Å²) in [5, 5.41) is 12.3. The molecule has 0 radical (unpaired) electrons. The molecule has 1 aromatic rings. The number of rotatable bonds is 4. The Labute approximate surface area is 141 Å². The van der Waals surface area contributed by atoms with Crippen molar-refractivity contribution in [2.24, 2.45) is 0 Å². The van der Waals surface area contributed by atoms with Crippen LogP contribution >= 0.6 is 0 Å². The van der Waals surface area contributed by atoms with Crippen molar-refractivity contribution < 1.29 is 14.3 Å². The average Bonchev–Trinajstić information content (AvgIpc) is 3.11. The lowest BCUT2D eigenvalue weighted by Crippen LogP contribution is -2.33. The Bertz CT molecular complexity index is 737. The number of hydrogen-bond donors (Lipinski definition) is 1. The number of hydrogen-bond acceptors (Lipinski definition) is 4. The minimum Gasteiger partial charge on any atom is -0.493 e. The largest absolute Gasteiger partial charge is 0.493 e. The van der Waals surface area contributed by atoms with Crippen LogP contribution < -0.4 is 14.8 Å². The molecule has 0 atom stereocenters. The quantitative estimate of drug-likeness (QED) is 0.683. The number of nitrogens with zero attached hydrogens (tertiary/aromatic N) is 1. The van der Waals surface area contributed by atoms with Gasteiger partial charge < -0.3 is 14.8 Å². The van der Waals surface area contributed by atoms with E-state index in [2.05, 4.69) is 5.32 Å². The molecule has 3 rings (SSSR count). The fourth-order valence-corrected chi connectivity index (χ4v) is 3.11. The molecule has 5 heteroatoms. The van der Waals surface area contributed by atoms with Crippen LogP contribution in [0.1, 0.15) is 31.2 Å². The maximum Gasteiger partial charge on any atom is 0.262 e. The van der Waals surface area contributed by atoms with Crippen molar-refractivity contribution in [2.75, 3.05) is 13.7 Å². The fraction of sp³-hybridized carbons (Fsp3) is 0.368. The van der Waals surface area contributed by atoms with Gasteiger partial charge in [-0.25, -0.2) is 0 Å². The molecule has 1 N–H and O–H groups in total. The molecule has 24 heavy (non-hydrogen) atoms. The van der Waals surface area contributed by atoms with Crippen LogP contribution in [-0.4, -0.2) is 25.7 Å². The zero-order valence-electron chi connectivity index (χ0n) is 13.7. The van der Waals surface area contributed by atoms with Crippen LogP contribution in [-0.2, 0) is 4.79 Å². The molecule has 1 aromatic carbocycles. The maximum absolute atomic E-state index is 12.3. The third kappa shape index (κ3) is 3.43. The number of carbonyl (C=O) groups is 1. The summed E-state index contributed by atoms with van der Waals surface area (Å²) in [7, 11) is 1.60. The smallest absolute Gasteiger partial charge is 0.262 e. The SMILES string of the molecule is COc1cccc2c1OCC(C=C(C#N)C(=O)NC1CCCC1)=C2. The first-order valence-corrected chi connectivity index (χ1v) is 8.14. The van der Waals surface area contributed by atoms with E-state index in [1.54, 1.807) is 13.2 Å². The summed E-state index contributed by atoms with van der Waals surface area (Å²) in [6.07, 6.45) is 7.77.